The monoisotopic (exact) mass is 365 g/mol. The summed E-state index contributed by atoms with van der Waals surface area (Å²) in [5.74, 6) is 0. The zero-order valence-corrected chi connectivity index (χ0v) is 14.1. The lowest BCUT2D eigenvalue weighted by Gasteiger charge is -2.25. The number of nitrogens with zero attached hydrogens (tertiary/aromatic N) is 1. The normalized spacial score (nSPS) is 17.8. The average molecular weight is 366 g/mol. The summed E-state index contributed by atoms with van der Waals surface area (Å²) in [6.07, 6.45) is 0.743. The quantitative estimate of drug-likeness (QED) is 0.780. The van der Waals surface area contributed by atoms with Gasteiger partial charge in [-0.2, -0.15) is 0 Å². The van der Waals surface area contributed by atoms with E-state index in [0.717, 1.165) is 23.2 Å². The van der Waals surface area contributed by atoms with Crippen LogP contribution in [0.1, 0.15) is 11.1 Å². The molecule has 0 aliphatic carbocycles. The Kier molecular flexibility index (Phi) is 3.80. The summed E-state index contributed by atoms with van der Waals surface area (Å²) in [5.41, 5.74) is 2.92. The standard InChI is InChI=1S/C16H16BrNO2S/c1-12-6-8-15(9-7-12)21(19,20)18-14(11-17)10-13-4-2-3-5-16(13)18/h2-9,14H,10-11H2,1H3. The van der Waals surface area contributed by atoms with Crippen molar-refractivity contribution in [3.8, 4) is 0 Å². The number of halogens is 1. The SMILES string of the molecule is Cc1ccc(S(=O)(=O)N2c3ccccc3CC2CBr)cc1. The molecule has 0 spiro atoms. The third-order valence-corrected chi connectivity index (χ3v) is 6.40. The molecule has 0 bridgehead atoms. The summed E-state index contributed by atoms with van der Waals surface area (Å²) in [4.78, 5) is 0.343. The van der Waals surface area contributed by atoms with E-state index in [9.17, 15) is 8.42 Å². The van der Waals surface area contributed by atoms with Crippen molar-refractivity contribution >= 4 is 31.6 Å². The van der Waals surface area contributed by atoms with E-state index in [0.29, 0.717) is 10.2 Å². The Morgan fingerprint density at radius 2 is 1.81 bits per heavy atom. The number of aryl methyl sites for hydroxylation is 1. The minimum absolute atomic E-state index is 0.0753. The van der Waals surface area contributed by atoms with Crippen LogP contribution in [0.2, 0.25) is 0 Å². The molecule has 1 aliphatic heterocycles. The molecule has 21 heavy (non-hydrogen) atoms. The maximum absolute atomic E-state index is 13.0. The molecule has 1 unspecified atom stereocenters. The van der Waals surface area contributed by atoms with Crippen molar-refractivity contribution in [3.63, 3.8) is 0 Å². The highest BCUT2D eigenvalue weighted by atomic mass is 79.9. The molecule has 110 valence electrons. The maximum atomic E-state index is 13.0. The van der Waals surface area contributed by atoms with Crippen LogP contribution < -0.4 is 4.31 Å². The first-order valence-electron chi connectivity index (χ1n) is 6.79. The van der Waals surface area contributed by atoms with E-state index in [2.05, 4.69) is 15.9 Å². The number of benzene rings is 2. The van der Waals surface area contributed by atoms with Gasteiger partial charge in [0.05, 0.1) is 16.6 Å². The highest BCUT2D eigenvalue weighted by Gasteiger charge is 2.37. The predicted molar refractivity (Wildman–Crippen MR) is 88.6 cm³/mol. The molecule has 1 aliphatic rings. The first-order chi connectivity index (χ1) is 10.0. The van der Waals surface area contributed by atoms with Gasteiger partial charge in [-0.25, -0.2) is 8.42 Å². The summed E-state index contributed by atoms with van der Waals surface area (Å²) in [7, 11) is -3.53. The number of hydrogen-bond donors (Lipinski definition) is 0. The van der Waals surface area contributed by atoms with Crippen LogP contribution >= 0.6 is 15.9 Å². The van der Waals surface area contributed by atoms with Crippen molar-refractivity contribution < 1.29 is 8.42 Å². The topological polar surface area (TPSA) is 37.4 Å². The molecule has 0 N–H and O–H groups in total. The van der Waals surface area contributed by atoms with Crippen LogP contribution in [-0.2, 0) is 16.4 Å². The second-order valence-electron chi connectivity index (χ2n) is 5.25. The Bertz CT molecular complexity index is 756. The molecule has 2 aromatic rings. The Morgan fingerprint density at radius 3 is 2.48 bits per heavy atom. The van der Waals surface area contributed by atoms with E-state index in [4.69, 9.17) is 0 Å². The van der Waals surface area contributed by atoms with Crippen molar-refractivity contribution in [2.24, 2.45) is 0 Å². The van der Waals surface area contributed by atoms with Gasteiger partial charge < -0.3 is 0 Å². The number of alkyl halides is 1. The number of sulfonamides is 1. The van der Waals surface area contributed by atoms with Gasteiger partial charge in [0.2, 0.25) is 0 Å². The molecule has 1 atom stereocenters. The van der Waals surface area contributed by atoms with E-state index < -0.39 is 10.0 Å². The van der Waals surface area contributed by atoms with Crippen LogP contribution in [0.4, 0.5) is 5.69 Å². The van der Waals surface area contributed by atoms with E-state index in [1.165, 1.54) is 0 Å². The molecule has 0 aromatic heterocycles. The molecular formula is C16H16BrNO2S. The summed E-state index contributed by atoms with van der Waals surface area (Å²) in [6, 6.07) is 14.6. The van der Waals surface area contributed by atoms with E-state index in [1.807, 2.05) is 43.3 Å². The number of rotatable bonds is 3. The number of para-hydroxylation sites is 1. The van der Waals surface area contributed by atoms with Gasteiger partial charge in [-0.3, -0.25) is 4.31 Å². The highest BCUT2D eigenvalue weighted by Crippen LogP contribution is 2.37. The van der Waals surface area contributed by atoms with Gasteiger partial charge in [-0.05, 0) is 37.1 Å². The summed E-state index contributed by atoms with van der Waals surface area (Å²) in [6.45, 7) is 1.95. The van der Waals surface area contributed by atoms with Crippen molar-refractivity contribution in [1.82, 2.24) is 0 Å². The molecule has 0 fully saturated rings. The lowest BCUT2D eigenvalue weighted by atomic mass is 10.1. The van der Waals surface area contributed by atoms with Crippen LogP contribution in [0.5, 0.6) is 0 Å². The zero-order chi connectivity index (χ0) is 15.0. The van der Waals surface area contributed by atoms with Crippen LogP contribution in [-0.4, -0.2) is 19.8 Å². The number of fused-ring (bicyclic) bond motifs is 1. The van der Waals surface area contributed by atoms with Crippen molar-refractivity contribution in [3.05, 3.63) is 59.7 Å². The van der Waals surface area contributed by atoms with Crippen LogP contribution in [0.15, 0.2) is 53.4 Å². The minimum Gasteiger partial charge on any atom is -0.262 e. The molecule has 0 radical (unpaired) electrons. The lowest BCUT2D eigenvalue weighted by molar-refractivity contribution is 0.585. The van der Waals surface area contributed by atoms with Gasteiger partial charge in [0, 0.05) is 5.33 Å². The Morgan fingerprint density at radius 1 is 1.14 bits per heavy atom. The molecule has 0 saturated heterocycles. The largest absolute Gasteiger partial charge is 0.264 e. The van der Waals surface area contributed by atoms with Gasteiger partial charge in [-0.1, -0.05) is 51.8 Å². The third kappa shape index (κ3) is 2.49. The molecule has 5 heteroatoms. The molecule has 3 rings (SSSR count). The van der Waals surface area contributed by atoms with Gasteiger partial charge >= 0.3 is 0 Å². The van der Waals surface area contributed by atoms with E-state index in [-0.39, 0.29) is 6.04 Å². The second kappa shape index (κ2) is 5.46. The molecule has 0 saturated carbocycles. The smallest absolute Gasteiger partial charge is 0.262 e. The Balaban J connectivity index is 2.11. The molecular weight excluding hydrogens is 350 g/mol. The minimum atomic E-state index is -3.53. The fourth-order valence-electron chi connectivity index (χ4n) is 2.70. The Hall–Kier alpha value is -1.33. The number of hydrogen-bond acceptors (Lipinski definition) is 2. The third-order valence-electron chi connectivity index (χ3n) is 3.77. The van der Waals surface area contributed by atoms with Gasteiger partial charge in [0.1, 0.15) is 0 Å². The van der Waals surface area contributed by atoms with Gasteiger partial charge in [-0.15, -0.1) is 0 Å². The number of anilines is 1. The molecule has 2 aromatic carbocycles. The van der Waals surface area contributed by atoms with Crippen LogP contribution in [0.25, 0.3) is 0 Å². The van der Waals surface area contributed by atoms with Crippen LogP contribution in [0.3, 0.4) is 0 Å². The van der Waals surface area contributed by atoms with E-state index >= 15 is 0 Å². The first-order valence-corrected chi connectivity index (χ1v) is 9.35. The average Bonchev–Trinajstić information content (AvgIpc) is 2.87. The van der Waals surface area contributed by atoms with Crippen molar-refractivity contribution in [2.45, 2.75) is 24.3 Å². The fourth-order valence-corrected chi connectivity index (χ4v) is 5.09. The fraction of sp³-hybridized carbons (Fsp3) is 0.250. The van der Waals surface area contributed by atoms with Crippen molar-refractivity contribution in [1.29, 1.82) is 0 Å². The zero-order valence-electron chi connectivity index (χ0n) is 11.7. The lowest BCUT2D eigenvalue weighted by Crippen LogP contribution is -2.38. The maximum Gasteiger partial charge on any atom is 0.264 e. The van der Waals surface area contributed by atoms with E-state index in [1.54, 1.807) is 16.4 Å². The predicted octanol–water partition coefficient (Wildman–Crippen LogP) is 3.51. The van der Waals surface area contributed by atoms with Crippen molar-refractivity contribution in [2.75, 3.05) is 9.64 Å². The van der Waals surface area contributed by atoms with Crippen LogP contribution in [0, 0.1) is 6.92 Å². The van der Waals surface area contributed by atoms with Gasteiger partial charge in [0.15, 0.2) is 0 Å². The summed E-state index contributed by atoms with van der Waals surface area (Å²) < 4.78 is 27.5. The first kappa shape index (κ1) is 14.6. The summed E-state index contributed by atoms with van der Waals surface area (Å²) >= 11 is 3.45. The van der Waals surface area contributed by atoms with Gasteiger partial charge in [0.25, 0.3) is 10.0 Å². The highest BCUT2D eigenvalue weighted by molar-refractivity contribution is 9.09. The Labute approximate surface area is 133 Å². The molecule has 0 amide bonds. The second-order valence-corrected chi connectivity index (χ2v) is 7.72. The summed E-state index contributed by atoms with van der Waals surface area (Å²) in [5, 5.41) is 0.618. The molecule has 3 nitrogen and oxygen atoms in total. The molecule has 1 heterocycles.